The largest absolute Gasteiger partial charge is 0.493 e. The quantitative estimate of drug-likeness (QED) is 0.889. The third-order valence-electron chi connectivity index (χ3n) is 4.52. The van der Waals surface area contributed by atoms with E-state index in [9.17, 15) is 5.11 Å². The maximum atomic E-state index is 10.8. The zero-order valence-electron chi connectivity index (χ0n) is 11.9. The van der Waals surface area contributed by atoms with Gasteiger partial charge in [0.2, 0.25) is 0 Å². The Kier molecular flexibility index (Phi) is 3.17. The molecule has 3 nitrogen and oxygen atoms in total. The van der Waals surface area contributed by atoms with Crippen LogP contribution in [0.5, 0.6) is 5.75 Å². The lowest BCUT2D eigenvalue weighted by Gasteiger charge is -2.31. The van der Waals surface area contributed by atoms with E-state index in [0.717, 1.165) is 37.3 Å². The number of aliphatic hydroxyl groups is 1. The van der Waals surface area contributed by atoms with E-state index in [-0.39, 0.29) is 6.04 Å². The molecule has 21 heavy (non-hydrogen) atoms. The molecule has 4 rings (SSSR count). The summed E-state index contributed by atoms with van der Waals surface area (Å²) < 4.78 is 5.54. The van der Waals surface area contributed by atoms with Crippen molar-refractivity contribution in [2.75, 3.05) is 13.2 Å². The van der Waals surface area contributed by atoms with Gasteiger partial charge in [0.1, 0.15) is 5.75 Å². The van der Waals surface area contributed by atoms with Crippen LogP contribution in [0.25, 0.3) is 0 Å². The first kappa shape index (κ1) is 12.9. The van der Waals surface area contributed by atoms with Gasteiger partial charge in [0.25, 0.3) is 0 Å². The molecule has 3 heteroatoms. The van der Waals surface area contributed by atoms with Gasteiger partial charge < -0.3 is 15.2 Å². The number of hydrogen-bond acceptors (Lipinski definition) is 3. The van der Waals surface area contributed by atoms with Crippen molar-refractivity contribution in [2.24, 2.45) is 0 Å². The van der Waals surface area contributed by atoms with Gasteiger partial charge in [-0.25, -0.2) is 0 Å². The monoisotopic (exact) mass is 281 g/mol. The van der Waals surface area contributed by atoms with Crippen molar-refractivity contribution < 1.29 is 9.84 Å². The topological polar surface area (TPSA) is 41.5 Å². The van der Waals surface area contributed by atoms with E-state index in [1.165, 1.54) is 16.7 Å². The molecule has 2 aliphatic rings. The number of aliphatic hydroxyl groups excluding tert-OH is 1. The van der Waals surface area contributed by atoms with E-state index in [1.807, 2.05) is 18.2 Å². The molecule has 0 aliphatic carbocycles. The van der Waals surface area contributed by atoms with E-state index in [0.29, 0.717) is 0 Å². The predicted octanol–water partition coefficient (Wildman–Crippen LogP) is 2.54. The van der Waals surface area contributed by atoms with Gasteiger partial charge in [-0.15, -0.1) is 0 Å². The van der Waals surface area contributed by atoms with Crippen molar-refractivity contribution in [2.45, 2.75) is 25.0 Å². The summed E-state index contributed by atoms with van der Waals surface area (Å²) in [5, 5.41) is 14.3. The minimum atomic E-state index is -0.530. The molecule has 0 saturated carbocycles. The normalized spacial score (nSPS) is 21.3. The second-order valence-electron chi connectivity index (χ2n) is 5.79. The molecule has 2 atom stereocenters. The summed E-state index contributed by atoms with van der Waals surface area (Å²) in [6.45, 7) is 1.66. The van der Waals surface area contributed by atoms with Crippen molar-refractivity contribution >= 4 is 0 Å². The van der Waals surface area contributed by atoms with Gasteiger partial charge in [-0.2, -0.15) is 0 Å². The molecule has 2 unspecified atom stereocenters. The average Bonchev–Trinajstić information content (AvgIpc) is 3.01. The maximum absolute atomic E-state index is 10.8. The van der Waals surface area contributed by atoms with Crippen molar-refractivity contribution in [1.82, 2.24) is 5.32 Å². The van der Waals surface area contributed by atoms with Crippen LogP contribution in [-0.2, 0) is 12.8 Å². The zero-order valence-corrected chi connectivity index (χ0v) is 11.9. The lowest BCUT2D eigenvalue weighted by atomic mass is 9.88. The number of fused-ring (bicyclic) bond motifs is 2. The van der Waals surface area contributed by atoms with Crippen molar-refractivity contribution in [3.05, 3.63) is 64.7 Å². The van der Waals surface area contributed by atoms with E-state index >= 15 is 0 Å². The molecule has 0 radical (unpaired) electrons. The van der Waals surface area contributed by atoms with Gasteiger partial charge in [-0.3, -0.25) is 0 Å². The van der Waals surface area contributed by atoms with E-state index in [4.69, 9.17) is 4.74 Å². The molecule has 0 aromatic heterocycles. The highest BCUT2D eigenvalue weighted by Crippen LogP contribution is 2.35. The van der Waals surface area contributed by atoms with Crippen LogP contribution < -0.4 is 10.1 Å². The van der Waals surface area contributed by atoms with Gasteiger partial charge in [-0.05, 0) is 47.4 Å². The summed E-state index contributed by atoms with van der Waals surface area (Å²) in [6.07, 6.45) is 1.43. The molecule has 0 fully saturated rings. The number of hydrogen-bond donors (Lipinski definition) is 2. The third-order valence-corrected chi connectivity index (χ3v) is 4.52. The predicted molar refractivity (Wildman–Crippen MR) is 81.5 cm³/mol. The first-order valence-corrected chi connectivity index (χ1v) is 7.58. The molecular weight excluding hydrogens is 262 g/mol. The van der Waals surface area contributed by atoms with Crippen LogP contribution >= 0.6 is 0 Å². The van der Waals surface area contributed by atoms with Crippen molar-refractivity contribution in [3.63, 3.8) is 0 Å². The average molecular weight is 281 g/mol. The minimum absolute atomic E-state index is 0.0321. The Balaban J connectivity index is 1.68. The van der Waals surface area contributed by atoms with E-state index in [1.54, 1.807) is 0 Å². The Morgan fingerprint density at radius 2 is 2.00 bits per heavy atom. The Labute approximate surface area is 124 Å². The Morgan fingerprint density at radius 1 is 1.10 bits per heavy atom. The van der Waals surface area contributed by atoms with Crippen LogP contribution in [0, 0.1) is 0 Å². The Morgan fingerprint density at radius 3 is 2.95 bits per heavy atom. The summed E-state index contributed by atoms with van der Waals surface area (Å²) in [7, 11) is 0. The van der Waals surface area contributed by atoms with Gasteiger partial charge >= 0.3 is 0 Å². The Bertz CT molecular complexity index is 668. The highest BCUT2D eigenvalue weighted by molar-refractivity contribution is 5.42. The number of ether oxygens (including phenoxy) is 1. The maximum Gasteiger partial charge on any atom is 0.122 e. The summed E-state index contributed by atoms with van der Waals surface area (Å²) in [4.78, 5) is 0. The molecule has 2 aromatic carbocycles. The fourth-order valence-electron chi connectivity index (χ4n) is 3.40. The molecular formula is C18H19NO2. The Hall–Kier alpha value is -1.84. The van der Waals surface area contributed by atoms with Crippen LogP contribution in [0.1, 0.15) is 34.4 Å². The molecule has 0 bridgehead atoms. The van der Waals surface area contributed by atoms with Crippen LogP contribution in [0.15, 0.2) is 42.5 Å². The zero-order chi connectivity index (χ0) is 14.2. The van der Waals surface area contributed by atoms with Crippen LogP contribution in [-0.4, -0.2) is 18.3 Å². The lowest BCUT2D eigenvalue weighted by molar-refractivity contribution is 0.125. The second-order valence-corrected chi connectivity index (χ2v) is 5.79. The summed E-state index contributed by atoms with van der Waals surface area (Å²) in [5.41, 5.74) is 4.72. The first-order chi connectivity index (χ1) is 10.3. The first-order valence-electron chi connectivity index (χ1n) is 7.58. The van der Waals surface area contributed by atoms with Crippen LogP contribution in [0.2, 0.25) is 0 Å². The molecule has 2 aromatic rings. The van der Waals surface area contributed by atoms with Gasteiger partial charge in [0, 0.05) is 6.42 Å². The summed E-state index contributed by atoms with van der Waals surface area (Å²) >= 11 is 0. The fraction of sp³-hybridized carbons (Fsp3) is 0.333. The lowest BCUT2D eigenvalue weighted by Crippen LogP contribution is -2.33. The van der Waals surface area contributed by atoms with Crippen LogP contribution in [0.4, 0.5) is 0 Å². The number of rotatable bonds is 2. The van der Waals surface area contributed by atoms with Gasteiger partial charge in [0.05, 0.1) is 18.8 Å². The highest BCUT2D eigenvalue weighted by atomic mass is 16.5. The molecule has 0 amide bonds. The molecule has 108 valence electrons. The number of benzene rings is 2. The van der Waals surface area contributed by atoms with Gasteiger partial charge in [-0.1, -0.05) is 30.3 Å². The highest BCUT2D eigenvalue weighted by Gasteiger charge is 2.28. The molecule has 2 aliphatic heterocycles. The molecule has 0 spiro atoms. The summed E-state index contributed by atoms with van der Waals surface area (Å²) in [5.74, 6) is 0.961. The van der Waals surface area contributed by atoms with E-state index in [2.05, 4.69) is 29.6 Å². The standard InChI is InChI=1S/C18H19NO2/c20-18(14-5-6-16-13(11-14)8-10-21-16)17-15-4-2-1-3-12(15)7-9-19-17/h1-6,11,17-20H,7-10H2. The molecule has 2 heterocycles. The minimum Gasteiger partial charge on any atom is -0.493 e. The SMILES string of the molecule is OC(c1ccc2c(c1)CCO2)C1NCCc2ccccc21. The molecule has 0 saturated heterocycles. The fourth-order valence-corrected chi connectivity index (χ4v) is 3.40. The third kappa shape index (κ3) is 2.23. The number of nitrogens with one attached hydrogen (secondary N) is 1. The second kappa shape index (κ2) is 5.17. The van der Waals surface area contributed by atoms with Crippen molar-refractivity contribution in [1.29, 1.82) is 0 Å². The van der Waals surface area contributed by atoms with Crippen LogP contribution in [0.3, 0.4) is 0 Å². The van der Waals surface area contributed by atoms with Crippen molar-refractivity contribution in [3.8, 4) is 5.75 Å². The summed E-state index contributed by atoms with van der Waals surface area (Å²) in [6, 6.07) is 14.4. The smallest absolute Gasteiger partial charge is 0.122 e. The molecule has 2 N–H and O–H groups in total. The van der Waals surface area contributed by atoms with E-state index < -0.39 is 6.10 Å². The van der Waals surface area contributed by atoms with Gasteiger partial charge in [0.15, 0.2) is 0 Å².